The van der Waals surface area contributed by atoms with Crippen LogP contribution in [0.1, 0.15) is 51.9 Å². The molecule has 0 aromatic heterocycles. The van der Waals surface area contributed by atoms with Gasteiger partial charge in [0, 0.05) is 17.6 Å². The molecule has 2 unspecified atom stereocenters. The van der Waals surface area contributed by atoms with Crippen LogP contribution in [-0.2, 0) is 4.74 Å². The van der Waals surface area contributed by atoms with E-state index in [1.54, 1.807) is 0 Å². The van der Waals surface area contributed by atoms with Crippen molar-refractivity contribution in [3.63, 3.8) is 0 Å². The Bertz CT molecular complexity index is 214. The third-order valence-electron chi connectivity index (χ3n) is 3.96. The minimum Gasteiger partial charge on any atom is -0.396 e. The maximum absolute atomic E-state index is 8.85. The molecule has 2 nitrogen and oxygen atoms in total. The predicted molar refractivity (Wildman–Crippen MR) is 68.9 cm³/mol. The Kier molecular flexibility index (Phi) is 4.57. The number of rotatable bonds is 5. The van der Waals surface area contributed by atoms with Crippen molar-refractivity contribution in [1.29, 1.82) is 0 Å². The average molecular weight is 244 g/mol. The van der Waals surface area contributed by atoms with E-state index in [-0.39, 0.29) is 5.60 Å². The fraction of sp³-hybridized carbons (Fsp3) is 1.00. The highest BCUT2D eigenvalue weighted by molar-refractivity contribution is 7.99. The maximum atomic E-state index is 8.85. The molecule has 1 heterocycles. The molecule has 0 aromatic carbocycles. The average Bonchev–Trinajstić information content (AvgIpc) is 2.88. The molecular formula is C13H24O2S. The first-order chi connectivity index (χ1) is 7.74. The SMILES string of the molecule is CC(CCO)SCC1CCC2(CCCC2)O1. The van der Waals surface area contributed by atoms with Crippen LogP contribution in [-0.4, -0.2) is 34.4 Å². The van der Waals surface area contributed by atoms with Crippen LogP contribution in [0.25, 0.3) is 0 Å². The third-order valence-corrected chi connectivity index (χ3v) is 5.32. The van der Waals surface area contributed by atoms with Crippen molar-refractivity contribution in [3.8, 4) is 0 Å². The molecule has 3 heteroatoms. The van der Waals surface area contributed by atoms with Crippen LogP contribution in [0.2, 0.25) is 0 Å². The molecule has 1 saturated heterocycles. The fourth-order valence-electron chi connectivity index (χ4n) is 2.94. The van der Waals surface area contributed by atoms with Crippen LogP contribution < -0.4 is 0 Å². The fourth-order valence-corrected chi connectivity index (χ4v) is 3.99. The number of hydrogen-bond donors (Lipinski definition) is 1. The molecule has 1 aliphatic heterocycles. The van der Waals surface area contributed by atoms with Crippen LogP contribution in [0.15, 0.2) is 0 Å². The quantitative estimate of drug-likeness (QED) is 0.806. The number of aliphatic hydroxyl groups is 1. The molecule has 1 N–H and O–H groups in total. The summed E-state index contributed by atoms with van der Waals surface area (Å²) in [5.41, 5.74) is 0.283. The van der Waals surface area contributed by atoms with Gasteiger partial charge in [0.2, 0.25) is 0 Å². The van der Waals surface area contributed by atoms with Gasteiger partial charge in [-0.3, -0.25) is 0 Å². The van der Waals surface area contributed by atoms with Gasteiger partial charge in [0.1, 0.15) is 0 Å². The summed E-state index contributed by atoms with van der Waals surface area (Å²) < 4.78 is 6.26. The second-order valence-electron chi connectivity index (χ2n) is 5.32. The van der Waals surface area contributed by atoms with Gasteiger partial charge in [-0.2, -0.15) is 11.8 Å². The molecule has 2 fully saturated rings. The van der Waals surface area contributed by atoms with Gasteiger partial charge in [-0.15, -0.1) is 0 Å². The number of ether oxygens (including phenoxy) is 1. The van der Waals surface area contributed by atoms with Crippen LogP contribution in [0.4, 0.5) is 0 Å². The highest BCUT2D eigenvalue weighted by Gasteiger charge is 2.41. The third kappa shape index (κ3) is 3.14. The van der Waals surface area contributed by atoms with Crippen LogP contribution >= 0.6 is 11.8 Å². The zero-order valence-electron chi connectivity index (χ0n) is 10.3. The lowest BCUT2D eigenvalue weighted by Gasteiger charge is -2.24. The normalized spacial score (nSPS) is 30.0. The lowest BCUT2D eigenvalue weighted by Crippen LogP contribution is -2.25. The first-order valence-electron chi connectivity index (χ1n) is 6.64. The van der Waals surface area contributed by atoms with Crippen molar-refractivity contribution in [2.75, 3.05) is 12.4 Å². The van der Waals surface area contributed by atoms with Crippen molar-refractivity contribution in [2.24, 2.45) is 0 Å². The summed E-state index contributed by atoms with van der Waals surface area (Å²) in [6.45, 7) is 2.50. The summed E-state index contributed by atoms with van der Waals surface area (Å²) in [5, 5.41) is 9.42. The topological polar surface area (TPSA) is 29.5 Å². The van der Waals surface area contributed by atoms with Gasteiger partial charge in [0.25, 0.3) is 0 Å². The molecule has 2 rings (SSSR count). The van der Waals surface area contributed by atoms with Crippen molar-refractivity contribution < 1.29 is 9.84 Å². The van der Waals surface area contributed by atoms with Gasteiger partial charge >= 0.3 is 0 Å². The van der Waals surface area contributed by atoms with Gasteiger partial charge in [-0.1, -0.05) is 19.8 Å². The lowest BCUT2D eigenvalue weighted by atomic mass is 9.98. The summed E-state index contributed by atoms with van der Waals surface area (Å²) >= 11 is 1.96. The molecule has 1 spiro atoms. The molecule has 2 atom stereocenters. The minimum atomic E-state index is 0.283. The summed E-state index contributed by atoms with van der Waals surface area (Å²) in [5.74, 6) is 1.11. The smallest absolute Gasteiger partial charge is 0.0687 e. The summed E-state index contributed by atoms with van der Waals surface area (Å²) in [7, 11) is 0. The van der Waals surface area contributed by atoms with Gasteiger partial charge in [0.15, 0.2) is 0 Å². The first-order valence-corrected chi connectivity index (χ1v) is 7.69. The Hall–Kier alpha value is 0.270. The molecule has 16 heavy (non-hydrogen) atoms. The van der Waals surface area contributed by atoms with Crippen LogP contribution in [0.5, 0.6) is 0 Å². The molecule has 2 aliphatic rings. The Morgan fingerprint density at radius 1 is 1.38 bits per heavy atom. The second-order valence-corrected chi connectivity index (χ2v) is 6.80. The van der Waals surface area contributed by atoms with E-state index in [4.69, 9.17) is 9.84 Å². The van der Waals surface area contributed by atoms with E-state index in [2.05, 4.69) is 6.92 Å². The molecule has 0 bridgehead atoms. The highest BCUT2D eigenvalue weighted by Crippen LogP contribution is 2.44. The number of aliphatic hydroxyl groups excluding tert-OH is 1. The number of hydrogen-bond acceptors (Lipinski definition) is 3. The molecule has 0 aromatic rings. The van der Waals surface area contributed by atoms with Crippen molar-refractivity contribution in [2.45, 2.75) is 68.8 Å². The van der Waals surface area contributed by atoms with Gasteiger partial charge in [-0.05, 0) is 32.1 Å². The molecule has 0 amide bonds. The molecular weight excluding hydrogens is 220 g/mol. The largest absolute Gasteiger partial charge is 0.396 e. The molecule has 1 aliphatic carbocycles. The second kappa shape index (κ2) is 5.74. The van der Waals surface area contributed by atoms with Crippen molar-refractivity contribution in [3.05, 3.63) is 0 Å². The van der Waals surface area contributed by atoms with Crippen molar-refractivity contribution >= 4 is 11.8 Å². The monoisotopic (exact) mass is 244 g/mol. The van der Waals surface area contributed by atoms with Crippen molar-refractivity contribution in [1.82, 2.24) is 0 Å². The zero-order chi connectivity index (χ0) is 11.4. The molecule has 1 saturated carbocycles. The van der Waals surface area contributed by atoms with E-state index < -0.39 is 0 Å². The van der Waals surface area contributed by atoms with Crippen LogP contribution in [0.3, 0.4) is 0 Å². The summed E-state index contributed by atoms with van der Waals surface area (Å²) in [6, 6.07) is 0. The zero-order valence-corrected chi connectivity index (χ0v) is 11.1. The Balaban J connectivity index is 1.68. The summed E-state index contributed by atoms with van der Waals surface area (Å²) in [6.07, 6.45) is 9.22. The van der Waals surface area contributed by atoms with Crippen LogP contribution in [0, 0.1) is 0 Å². The van der Waals surface area contributed by atoms with E-state index in [1.807, 2.05) is 11.8 Å². The lowest BCUT2D eigenvalue weighted by molar-refractivity contribution is -0.0268. The van der Waals surface area contributed by atoms with Gasteiger partial charge < -0.3 is 9.84 Å². The molecule has 0 radical (unpaired) electrons. The predicted octanol–water partition coefficient (Wildman–Crippen LogP) is 2.98. The van der Waals surface area contributed by atoms with E-state index in [9.17, 15) is 0 Å². The maximum Gasteiger partial charge on any atom is 0.0687 e. The van der Waals surface area contributed by atoms with Gasteiger partial charge in [-0.25, -0.2) is 0 Å². The van der Waals surface area contributed by atoms with E-state index in [0.717, 1.165) is 12.2 Å². The standard InChI is InChI=1S/C13H24O2S/c1-11(5-9-14)16-10-12-4-8-13(15-12)6-2-3-7-13/h11-12,14H,2-10H2,1H3. The Labute approximate surface area is 103 Å². The first kappa shape index (κ1) is 12.7. The summed E-state index contributed by atoms with van der Waals surface area (Å²) in [4.78, 5) is 0. The Morgan fingerprint density at radius 3 is 2.81 bits per heavy atom. The number of thioether (sulfide) groups is 1. The Morgan fingerprint density at radius 2 is 2.12 bits per heavy atom. The van der Waals surface area contributed by atoms with E-state index in [1.165, 1.54) is 38.5 Å². The van der Waals surface area contributed by atoms with E-state index >= 15 is 0 Å². The highest BCUT2D eigenvalue weighted by atomic mass is 32.2. The van der Waals surface area contributed by atoms with Gasteiger partial charge in [0.05, 0.1) is 11.7 Å². The minimum absolute atomic E-state index is 0.283. The van der Waals surface area contributed by atoms with E-state index in [0.29, 0.717) is 18.0 Å². The molecule has 94 valence electrons.